The number of rotatable bonds is 5. The van der Waals surface area contributed by atoms with E-state index in [0.29, 0.717) is 0 Å². The second-order valence-corrected chi connectivity index (χ2v) is 5.89. The zero-order chi connectivity index (χ0) is 21.1. The molecule has 2 N–H and O–H groups in total. The van der Waals surface area contributed by atoms with E-state index in [2.05, 4.69) is 24.8 Å². The maximum atomic E-state index is 12.8. The topological polar surface area (TPSA) is 110 Å². The van der Waals surface area contributed by atoms with Crippen LogP contribution in [0.4, 0.5) is 14.5 Å². The summed E-state index contributed by atoms with van der Waals surface area (Å²) in [5.74, 6) is -2.49. The summed E-state index contributed by atoms with van der Waals surface area (Å²) in [6, 6.07) is 8.15. The molecule has 0 aliphatic carbocycles. The second-order valence-electron chi connectivity index (χ2n) is 5.89. The van der Waals surface area contributed by atoms with Crippen LogP contribution in [0.5, 0.6) is 0 Å². The average molecular weight is 403 g/mol. The Kier molecular flexibility index (Phi) is 5.53. The van der Waals surface area contributed by atoms with Gasteiger partial charge >= 0.3 is 11.9 Å². The van der Waals surface area contributed by atoms with Crippen molar-refractivity contribution in [2.24, 2.45) is 0 Å². The number of nitrogens with one attached hydrogen (secondary N) is 2. The van der Waals surface area contributed by atoms with Gasteiger partial charge in [0, 0.05) is 11.3 Å². The number of hydrogen-bond acceptors (Lipinski definition) is 6. The Labute approximate surface area is 162 Å². The molecule has 10 heteroatoms. The number of benzene rings is 2. The van der Waals surface area contributed by atoms with Gasteiger partial charge in [0.15, 0.2) is 5.82 Å². The van der Waals surface area contributed by atoms with E-state index in [-0.39, 0.29) is 33.4 Å². The molecule has 0 radical (unpaired) electrons. The standard InChI is InChI=1S/C19H15F2N3O5/c1-28-18(26)10-5-11(19(27)29-2)7-12(6-10)22-17(25)9-3-4-13-14(8-9)24-16(23-13)15(20)21/h3-8,15H,1-2H3,(H,22,25)(H,23,24). The Bertz CT molecular complexity index is 1080. The van der Waals surface area contributed by atoms with Crippen LogP contribution in [-0.2, 0) is 9.47 Å². The summed E-state index contributed by atoms with van der Waals surface area (Å²) >= 11 is 0. The van der Waals surface area contributed by atoms with Gasteiger partial charge in [0.2, 0.25) is 0 Å². The van der Waals surface area contributed by atoms with Gasteiger partial charge in [-0.05, 0) is 36.4 Å². The molecule has 0 saturated heterocycles. The van der Waals surface area contributed by atoms with Crippen LogP contribution in [0.3, 0.4) is 0 Å². The van der Waals surface area contributed by atoms with Crippen LogP contribution in [0.25, 0.3) is 11.0 Å². The molecule has 0 fully saturated rings. The van der Waals surface area contributed by atoms with Crippen LogP contribution in [0.15, 0.2) is 36.4 Å². The Balaban J connectivity index is 1.92. The number of alkyl halides is 2. The molecule has 8 nitrogen and oxygen atoms in total. The third-order valence-corrected chi connectivity index (χ3v) is 4.00. The number of anilines is 1. The fraction of sp³-hybridized carbons (Fsp3) is 0.158. The van der Waals surface area contributed by atoms with Gasteiger partial charge in [-0.3, -0.25) is 4.79 Å². The molecule has 1 amide bonds. The smallest absolute Gasteiger partial charge is 0.337 e. The number of esters is 2. The highest BCUT2D eigenvalue weighted by Crippen LogP contribution is 2.22. The predicted octanol–water partition coefficient (Wildman–Crippen LogP) is 3.33. The summed E-state index contributed by atoms with van der Waals surface area (Å²) in [7, 11) is 2.36. The van der Waals surface area contributed by atoms with Crippen LogP contribution < -0.4 is 5.32 Å². The number of halogens is 2. The maximum absolute atomic E-state index is 12.8. The molecule has 2 aromatic carbocycles. The van der Waals surface area contributed by atoms with E-state index in [1.807, 2.05) is 0 Å². The van der Waals surface area contributed by atoms with Crippen molar-refractivity contribution in [1.82, 2.24) is 9.97 Å². The lowest BCUT2D eigenvalue weighted by Crippen LogP contribution is -2.14. The van der Waals surface area contributed by atoms with Gasteiger partial charge in [0.05, 0.1) is 36.4 Å². The van der Waals surface area contributed by atoms with Crippen LogP contribution in [0.1, 0.15) is 43.3 Å². The van der Waals surface area contributed by atoms with E-state index in [9.17, 15) is 23.2 Å². The van der Waals surface area contributed by atoms with Crippen LogP contribution in [0.2, 0.25) is 0 Å². The van der Waals surface area contributed by atoms with Crippen molar-refractivity contribution >= 4 is 34.6 Å². The van der Waals surface area contributed by atoms with E-state index in [0.717, 1.165) is 0 Å². The Morgan fingerprint density at radius 3 is 2.14 bits per heavy atom. The molecule has 1 heterocycles. The lowest BCUT2D eigenvalue weighted by atomic mass is 10.1. The van der Waals surface area contributed by atoms with Crippen LogP contribution in [-0.4, -0.2) is 42.0 Å². The fourth-order valence-corrected chi connectivity index (χ4v) is 2.65. The zero-order valence-electron chi connectivity index (χ0n) is 15.3. The third-order valence-electron chi connectivity index (χ3n) is 4.00. The zero-order valence-corrected chi connectivity index (χ0v) is 15.3. The van der Waals surface area contributed by atoms with Crippen LogP contribution in [0, 0.1) is 0 Å². The van der Waals surface area contributed by atoms with Gasteiger partial charge in [0.25, 0.3) is 12.3 Å². The molecule has 29 heavy (non-hydrogen) atoms. The molecule has 3 rings (SSSR count). The average Bonchev–Trinajstić information content (AvgIpc) is 3.16. The molecule has 150 valence electrons. The molecule has 0 saturated carbocycles. The quantitative estimate of drug-likeness (QED) is 0.633. The summed E-state index contributed by atoms with van der Waals surface area (Å²) in [4.78, 5) is 42.4. The van der Waals surface area contributed by atoms with Gasteiger partial charge in [-0.25, -0.2) is 23.4 Å². The van der Waals surface area contributed by atoms with E-state index >= 15 is 0 Å². The number of imidazole rings is 1. The minimum Gasteiger partial charge on any atom is -0.465 e. The highest BCUT2D eigenvalue weighted by molar-refractivity contribution is 6.07. The number of aromatic nitrogens is 2. The number of nitrogens with zero attached hydrogens (tertiary/aromatic N) is 1. The number of hydrogen-bond donors (Lipinski definition) is 2. The molecule has 1 aromatic heterocycles. The number of ether oxygens (including phenoxy) is 2. The number of carbonyl (C=O) groups excluding carboxylic acids is 3. The Morgan fingerprint density at radius 1 is 0.966 bits per heavy atom. The number of aromatic amines is 1. The number of methoxy groups -OCH3 is 2. The maximum Gasteiger partial charge on any atom is 0.337 e. The summed E-state index contributed by atoms with van der Waals surface area (Å²) in [6.07, 6.45) is -2.77. The largest absolute Gasteiger partial charge is 0.465 e. The van der Waals surface area contributed by atoms with Gasteiger partial charge in [-0.15, -0.1) is 0 Å². The van der Waals surface area contributed by atoms with E-state index in [1.54, 1.807) is 0 Å². The first-order valence-electron chi connectivity index (χ1n) is 8.23. The van der Waals surface area contributed by atoms with Crippen molar-refractivity contribution in [3.8, 4) is 0 Å². The normalized spacial score (nSPS) is 10.8. The molecule has 0 aliphatic rings. The van der Waals surface area contributed by atoms with Gasteiger partial charge in [-0.1, -0.05) is 0 Å². The van der Waals surface area contributed by atoms with Gasteiger partial charge in [0.1, 0.15) is 0 Å². The predicted molar refractivity (Wildman–Crippen MR) is 98.1 cm³/mol. The molecule has 0 atom stereocenters. The monoisotopic (exact) mass is 403 g/mol. The van der Waals surface area contributed by atoms with Crippen molar-refractivity contribution in [3.05, 3.63) is 58.9 Å². The Morgan fingerprint density at radius 2 is 1.59 bits per heavy atom. The summed E-state index contributed by atoms with van der Waals surface area (Å²) in [6.45, 7) is 0. The lowest BCUT2D eigenvalue weighted by Gasteiger charge is -2.09. The molecule has 0 unspecified atom stereocenters. The molecular weight excluding hydrogens is 388 g/mol. The van der Waals surface area contributed by atoms with Crippen molar-refractivity contribution in [1.29, 1.82) is 0 Å². The molecule has 3 aromatic rings. The van der Waals surface area contributed by atoms with Crippen LogP contribution >= 0.6 is 0 Å². The lowest BCUT2D eigenvalue weighted by molar-refractivity contribution is 0.0598. The summed E-state index contributed by atoms with van der Waals surface area (Å²) in [5.41, 5.74) is 0.943. The van der Waals surface area contributed by atoms with E-state index < -0.39 is 30.1 Å². The van der Waals surface area contributed by atoms with Crippen molar-refractivity contribution in [2.75, 3.05) is 19.5 Å². The summed E-state index contributed by atoms with van der Waals surface area (Å²) < 4.78 is 34.8. The first kappa shape index (κ1) is 19.9. The first-order valence-corrected chi connectivity index (χ1v) is 8.23. The van der Waals surface area contributed by atoms with E-state index in [1.165, 1.54) is 50.6 Å². The van der Waals surface area contributed by atoms with Crippen molar-refractivity contribution < 1.29 is 32.6 Å². The van der Waals surface area contributed by atoms with E-state index in [4.69, 9.17) is 0 Å². The minimum atomic E-state index is -2.77. The number of H-pyrrole nitrogens is 1. The minimum absolute atomic E-state index is 0.0382. The second kappa shape index (κ2) is 8.05. The number of fused-ring (bicyclic) bond motifs is 1. The Hall–Kier alpha value is -3.82. The van der Waals surface area contributed by atoms with Gasteiger partial charge in [-0.2, -0.15) is 0 Å². The SMILES string of the molecule is COC(=O)c1cc(NC(=O)c2ccc3nc(C(F)F)[nH]c3c2)cc(C(=O)OC)c1. The third kappa shape index (κ3) is 4.21. The summed E-state index contributed by atoms with van der Waals surface area (Å²) in [5, 5.41) is 2.55. The van der Waals surface area contributed by atoms with Crippen molar-refractivity contribution in [3.63, 3.8) is 0 Å². The van der Waals surface area contributed by atoms with Crippen molar-refractivity contribution in [2.45, 2.75) is 6.43 Å². The molecule has 0 bridgehead atoms. The molecule has 0 spiro atoms. The molecular formula is C19H15F2N3O5. The fourth-order valence-electron chi connectivity index (χ4n) is 2.65. The number of carbonyl (C=O) groups is 3. The van der Waals surface area contributed by atoms with Gasteiger partial charge < -0.3 is 19.8 Å². The first-order chi connectivity index (χ1) is 13.8. The molecule has 0 aliphatic heterocycles. The highest BCUT2D eigenvalue weighted by Gasteiger charge is 2.17. The highest BCUT2D eigenvalue weighted by atomic mass is 19.3. The number of amides is 1.